The molecule has 0 heterocycles. The molecule has 0 bridgehead atoms. The number of halogens is 1. The van der Waals surface area contributed by atoms with Crippen LogP contribution in [0.4, 0.5) is 9.18 Å². The number of carbonyl (C=O) groups excluding carboxylic acids is 2. The van der Waals surface area contributed by atoms with Gasteiger partial charge in [-0.05, 0) is 114 Å². The summed E-state index contributed by atoms with van der Waals surface area (Å²) in [6.07, 6.45) is 4.16. The van der Waals surface area contributed by atoms with Crippen molar-refractivity contribution in [1.29, 1.82) is 0 Å². The van der Waals surface area contributed by atoms with E-state index in [0.717, 1.165) is 44.1 Å². The van der Waals surface area contributed by atoms with Crippen molar-refractivity contribution in [3.8, 4) is 0 Å². The molecule has 5 rings (SSSR count). The van der Waals surface area contributed by atoms with Crippen LogP contribution in [-0.2, 0) is 25.0 Å². The fourth-order valence-corrected chi connectivity index (χ4v) is 12.2. The molecular weight excluding hydrogens is 631 g/mol. The topological polar surface area (TPSA) is 122 Å². The number of aliphatic hydroxyl groups is 1. The molecule has 4 unspecified atom stereocenters. The van der Waals surface area contributed by atoms with Crippen molar-refractivity contribution in [3.63, 3.8) is 0 Å². The molecule has 48 heavy (non-hydrogen) atoms. The van der Waals surface area contributed by atoms with Crippen LogP contribution in [-0.4, -0.2) is 50.4 Å². The van der Waals surface area contributed by atoms with Gasteiger partial charge in [0.2, 0.25) is 0 Å². The van der Waals surface area contributed by atoms with Gasteiger partial charge in [-0.25, -0.2) is 22.3 Å². The number of aliphatic hydroxyl groups excluding tert-OH is 1. The molecule has 4 fully saturated rings. The summed E-state index contributed by atoms with van der Waals surface area (Å²) >= 11 is 0. The van der Waals surface area contributed by atoms with Gasteiger partial charge in [0.1, 0.15) is 12.3 Å². The lowest BCUT2D eigenvalue weighted by atomic mass is 9.41. The van der Waals surface area contributed by atoms with Gasteiger partial charge in [0, 0.05) is 19.4 Å². The Morgan fingerprint density at radius 3 is 2.27 bits per heavy atom. The first kappa shape index (κ1) is 37.1. The minimum Gasteiger partial charge on any atom is -0.459 e. The summed E-state index contributed by atoms with van der Waals surface area (Å²) in [5, 5.41) is 14.8. The third kappa shape index (κ3) is 6.66. The Balaban J connectivity index is 1.21. The van der Waals surface area contributed by atoms with Gasteiger partial charge in [0.25, 0.3) is 10.0 Å². The van der Waals surface area contributed by atoms with Crippen LogP contribution in [0, 0.1) is 52.3 Å². The van der Waals surface area contributed by atoms with Crippen molar-refractivity contribution in [1.82, 2.24) is 10.0 Å². The van der Waals surface area contributed by atoms with Crippen LogP contribution in [0.5, 0.6) is 0 Å². The molecule has 0 saturated heterocycles. The Morgan fingerprint density at radius 1 is 1.04 bits per heavy atom. The van der Waals surface area contributed by atoms with Crippen molar-refractivity contribution < 1.29 is 32.2 Å². The summed E-state index contributed by atoms with van der Waals surface area (Å²) in [6, 6.07) is 5.88. The number of urea groups is 1. The molecular formula is C38H59FN2O6S. The highest BCUT2D eigenvalue weighted by molar-refractivity contribution is 7.90. The zero-order chi connectivity index (χ0) is 35.4. The number of sulfonamides is 1. The molecule has 2 amide bonds. The van der Waals surface area contributed by atoms with Crippen molar-refractivity contribution in [3.05, 3.63) is 29.8 Å². The Bertz CT molecular complexity index is 1450. The molecule has 0 aliphatic heterocycles. The first-order valence-corrected chi connectivity index (χ1v) is 19.7. The maximum absolute atomic E-state index is 16.2. The second-order valence-corrected chi connectivity index (χ2v) is 18.8. The molecule has 1 aromatic carbocycles. The van der Waals surface area contributed by atoms with Crippen molar-refractivity contribution >= 4 is 22.0 Å². The summed E-state index contributed by atoms with van der Waals surface area (Å²) in [4.78, 5) is 24.5. The number of hydrogen-bond donors (Lipinski definition) is 3. The zero-order valence-electron chi connectivity index (χ0n) is 30.2. The highest BCUT2D eigenvalue weighted by atomic mass is 32.2. The van der Waals surface area contributed by atoms with E-state index in [1.165, 1.54) is 19.1 Å². The highest BCUT2D eigenvalue weighted by Crippen LogP contribution is 2.69. The lowest BCUT2D eigenvalue weighted by Gasteiger charge is -2.65. The number of benzene rings is 1. The predicted octanol–water partition coefficient (Wildman–Crippen LogP) is 7.14. The molecule has 8 nitrogen and oxygen atoms in total. The van der Waals surface area contributed by atoms with E-state index >= 15 is 4.39 Å². The molecule has 270 valence electrons. The number of hydrogen-bond acceptors (Lipinski definition) is 6. The van der Waals surface area contributed by atoms with Crippen LogP contribution in [0.15, 0.2) is 29.2 Å². The van der Waals surface area contributed by atoms with E-state index in [1.54, 1.807) is 12.1 Å². The molecule has 1 aromatic rings. The van der Waals surface area contributed by atoms with Crippen molar-refractivity contribution in [2.75, 3.05) is 6.54 Å². The largest absolute Gasteiger partial charge is 0.459 e. The van der Waals surface area contributed by atoms with Crippen LogP contribution in [0.2, 0.25) is 0 Å². The predicted molar refractivity (Wildman–Crippen MR) is 184 cm³/mol. The van der Waals surface area contributed by atoms with E-state index in [1.807, 2.05) is 0 Å². The smallest absolute Gasteiger partial charge is 0.328 e. The summed E-state index contributed by atoms with van der Waals surface area (Å²) in [6.45, 7) is 16.8. The standard InChI is InChI=1S/C38H59FN2O6S/c1-9-26-32-33(39)30(47-23(3)42)17-20-38(32,8)29-16-19-37(7)27(14-15-28(37)31(29)34(26)43)22(2)18-21-40-35(44)41-48(45,46)25-12-10-24(11-13-25)36(4,5)6/h10-13,22,26-34,43H,9,14-21H2,1-8H3,(H2,40,41,44)/t22-,26-,27?,28?,29?,30-,31?,32-,33+,34-,37-,38-/m1/s1. The minimum absolute atomic E-state index is 0.0257. The fourth-order valence-electron chi connectivity index (χ4n) is 11.2. The van der Waals surface area contributed by atoms with Gasteiger partial charge in [0.05, 0.1) is 11.0 Å². The van der Waals surface area contributed by atoms with Crippen LogP contribution in [0.25, 0.3) is 0 Å². The third-order valence-electron chi connectivity index (χ3n) is 13.6. The van der Waals surface area contributed by atoms with E-state index in [2.05, 4.69) is 58.5 Å². The normalized spacial score (nSPS) is 38.6. The quantitative estimate of drug-likeness (QED) is 0.249. The fraction of sp³-hybridized carbons (Fsp3) is 0.789. The molecule has 4 saturated carbocycles. The third-order valence-corrected chi connectivity index (χ3v) is 14.9. The SMILES string of the molecule is CC[C@@H]1[C@@H]2[C@@H](F)[C@H](OC(C)=O)CC[C@]2(C)C2CC[C@@]3(C)C(CCC3[C@H](C)CCNC(=O)NS(=O)(=O)c3ccc(C(C)(C)C)cc3)C2[C@@H]1O. The maximum Gasteiger partial charge on any atom is 0.328 e. The van der Waals surface area contributed by atoms with Gasteiger partial charge in [-0.2, -0.15) is 0 Å². The highest BCUT2D eigenvalue weighted by Gasteiger charge is 2.67. The van der Waals surface area contributed by atoms with E-state index in [9.17, 15) is 23.1 Å². The van der Waals surface area contributed by atoms with Gasteiger partial charge < -0.3 is 15.2 Å². The molecule has 10 heteroatoms. The number of alkyl halides is 1. The molecule has 0 spiro atoms. The summed E-state index contributed by atoms with van der Waals surface area (Å²) < 4.78 is 49.5. The molecule has 4 aliphatic carbocycles. The van der Waals surface area contributed by atoms with Crippen molar-refractivity contribution in [2.24, 2.45) is 52.3 Å². The Kier molecular flexibility index (Phi) is 10.4. The maximum atomic E-state index is 16.2. The molecule has 12 atom stereocenters. The van der Waals surface area contributed by atoms with Crippen molar-refractivity contribution in [2.45, 2.75) is 135 Å². The van der Waals surface area contributed by atoms with Crippen LogP contribution >= 0.6 is 0 Å². The Hall–Kier alpha value is -2.20. The molecule has 0 aromatic heterocycles. The van der Waals surface area contributed by atoms with Crippen LogP contribution in [0.1, 0.15) is 112 Å². The van der Waals surface area contributed by atoms with Crippen LogP contribution in [0.3, 0.4) is 0 Å². The molecule has 4 aliphatic rings. The Labute approximate surface area is 287 Å². The van der Waals surface area contributed by atoms with E-state index < -0.39 is 40.4 Å². The summed E-state index contributed by atoms with van der Waals surface area (Å²) in [5.41, 5.74) is 0.672. The summed E-state index contributed by atoms with van der Waals surface area (Å²) in [7, 11) is -3.99. The van der Waals surface area contributed by atoms with Gasteiger partial charge in [0.15, 0.2) is 0 Å². The van der Waals surface area contributed by atoms with Crippen LogP contribution < -0.4 is 10.0 Å². The number of ether oxygens (including phenoxy) is 1. The van der Waals surface area contributed by atoms with Gasteiger partial charge in [-0.15, -0.1) is 0 Å². The monoisotopic (exact) mass is 690 g/mol. The number of amides is 2. The van der Waals surface area contributed by atoms with Gasteiger partial charge in [-0.3, -0.25) is 4.79 Å². The second-order valence-electron chi connectivity index (χ2n) is 17.1. The summed E-state index contributed by atoms with van der Waals surface area (Å²) in [5.74, 6) is 0.401. The van der Waals surface area contributed by atoms with Gasteiger partial charge >= 0.3 is 12.0 Å². The zero-order valence-corrected chi connectivity index (χ0v) is 31.0. The second kappa shape index (κ2) is 13.5. The number of fused-ring (bicyclic) bond motifs is 5. The minimum atomic E-state index is -3.99. The number of rotatable bonds is 8. The number of nitrogens with one attached hydrogen (secondary N) is 2. The Morgan fingerprint density at radius 2 is 1.67 bits per heavy atom. The first-order valence-electron chi connectivity index (χ1n) is 18.3. The number of carbonyl (C=O) groups is 2. The van der Waals surface area contributed by atoms with E-state index in [0.29, 0.717) is 37.1 Å². The molecule has 3 N–H and O–H groups in total. The number of esters is 1. The lowest BCUT2D eigenvalue weighted by molar-refractivity contribution is -0.226. The van der Waals surface area contributed by atoms with E-state index in [4.69, 9.17) is 4.74 Å². The lowest BCUT2D eigenvalue weighted by Crippen LogP contribution is -2.65. The van der Waals surface area contributed by atoms with Gasteiger partial charge in [-0.1, -0.05) is 67.0 Å². The molecule has 0 radical (unpaired) electrons. The van der Waals surface area contributed by atoms with E-state index in [-0.39, 0.29) is 44.8 Å². The first-order chi connectivity index (χ1) is 22.3. The average molecular weight is 691 g/mol. The average Bonchev–Trinajstić information content (AvgIpc) is 3.36.